The van der Waals surface area contributed by atoms with Gasteiger partial charge in [-0.2, -0.15) is 5.10 Å². The van der Waals surface area contributed by atoms with Crippen LogP contribution in [-0.4, -0.2) is 47.8 Å². The molecule has 0 unspecified atom stereocenters. The zero-order valence-electron chi connectivity index (χ0n) is 11.9. The van der Waals surface area contributed by atoms with Crippen molar-refractivity contribution in [2.75, 3.05) is 27.2 Å². The van der Waals surface area contributed by atoms with Crippen LogP contribution >= 0.6 is 0 Å². The summed E-state index contributed by atoms with van der Waals surface area (Å²) in [6.07, 6.45) is 4.48. The van der Waals surface area contributed by atoms with E-state index in [-0.39, 0.29) is 5.91 Å². The summed E-state index contributed by atoms with van der Waals surface area (Å²) in [6, 6.07) is 5.35. The van der Waals surface area contributed by atoms with E-state index < -0.39 is 0 Å². The molecule has 0 aliphatic heterocycles. The Kier molecular flexibility index (Phi) is 4.95. The van der Waals surface area contributed by atoms with Gasteiger partial charge in [-0.1, -0.05) is 0 Å². The molecular formula is C14H20N4O2. The minimum atomic E-state index is -0.171. The zero-order valence-corrected chi connectivity index (χ0v) is 11.9. The Hall–Kier alpha value is -2.08. The SMILES string of the molecule is CN(C)CCCNC(=O)c1ccc(Cn2cccn2)o1. The van der Waals surface area contributed by atoms with E-state index in [0.717, 1.165) is 13.0 Å². The van der Waals surface area contributed by atoms with E-state index in [1.165, 1.54) is 0 Å². The van der Waals surface area contributed by atoms with Crippen molar-refractivity contribution in [3.8, 4) is 0 Å². The van der Waals surface area contributed by atoms with Crippen LogP contribution in [0.15, 0.2) is 35.0 Å². The quantitative estimate of drug-likeness (QED) is 0.772. The molecule has 0 bridgehead atoms. The summed E-state index contributed by atoms with van der Waals surface area (Å²) >= 11 is 0. The van der Waals surface area contributed by atoms with Crippen LogP contribution in [0.3, 0.4) is 0 Å². The number of amides is 1. The number of hydrogen-bond donors (Lipinski definition) is 1. The molecule has 108 valence electrons. The van der Waals surface area contributed by atoms with Gasteiger partial charge in [-0.05, 0) is 45.3 Å². The smallest absolute Gasteiger partial charge is 0.286 e. The molecule has 20 heavy (non-hydrogen) atoms. The van der Waals surface area contributed by atoms with Crippen molar-refractivity contribution in [2.45, 2.75) is 13.0 Å². The summed E-state index contributed by atoms with van der Waals surface area (Å²) < 4.78 is 7.26. The summed E-state index contributed by atoms with van der Waals surface area (Å²) in [5.41, 5.74) is 0. The Bertz CT molecular complexity index is 531. The molecule has 2 heterocycles. The van der Waals surface area contributed by atoms with Gasteiger partial charge >= 0.3 is 0 Å². The zero-order chi connectivity index (χ0) is 14.4. The average molecular weight is 276 g/mol. The summed E-state index contributed by atoms with van der Waals surface area (Å²) in [6.45, 7) is 2.12. The van der Waals surface area contributed by atoms with Gasteiger partial charge in [0.15, 0.2) is 5.76 Å². The maximum Gasteiger partial charge on any atom is 0.286 e. The molecule has 0 atom stereocenters. The van der Waals surface area contributed by atoms with Crippen LogP contribution < -0.4 is 5.32 Å². The molecule has 0 aromatic carbocycles. The normalized spacial score (nSPS) is 10.9. The largest absolute Gasteiger partial charge is 0.454 e. The summed E-state index contributed by atoms with van der Waals surface area (Å²) in [5, 5.41) is 6.94. The minimum Gasteiger partial charge on any atom is -0.454 e. The first-order chi connectivity index (χ1) is 9.65. The Morgan fingerprint density at radius 2 is 2.30 bits per heavy atom. The number of aromatic nitrogens is 2. The highest BCUT2D eigenvalue weighted by Crippen LogP contribution is 2.09. The van der Waals surface area contributed by atoms with Gasteiger partial charge in [0.1, 0.15) is 5.76 Å². The maximum absolute atomic E-state index is 11.9. The van der Waals surface area contributed by atoms with Crippen LogP contribution in [0, 0.1) is 0 Å². The van der Waals surface area contributed by atoms with E-state index in [1.54, 1.807) is 23.0 Å². The molecule has 6 nitrogen and oxygen atoms in total. The molecule has 2 rings (SSSR count). The van der Waals surface area contributed by atoms with Gasteiger partial charge in [0.25, 0.3) is 5.91 Å². The first-order valence-electron chi connectivity index (χ1n) is 6.64. The number of rotatable bonds is 7. The van der Waals surface area contributed by atoms with Crippen molar-refractivity contribution in [1.29, 1.82) is 0 Å². The second-order valence-electron chi connectivity index (χ2n) is 4.88. The lowest BCUT2D eigenvalue weighted by atomic mass is 10.3. The first-order valence-corrected chi connectivity index (χ1v) is 6.64. The van der Waals surface area contributed by atoms with Crippen molar-refractivity contribution in [3.05, 3.63) is 42.1 Å². The fourth-order valence-electron chi connectivity index (χ4n) is 1.82. The van der Waals surface area contributed by atoms with Crippen LogP contribution in [0.4, 0.5) is 0 Å². The lowest BCUT2D eigenvalue weighted by molar-refractivity contribution is 0.0922. The van der Waals surface area contributed by atoms with Crippen molar-refractivity contribution in [2.24, 2.45) is 0 Å². The number of furan rings is 1. The monoisotopic (exact) mass is 276 g/mol. The predicted molar refractivity (Wildman–Crippen MR) is 75.5 cm³/mol. The molecule has 0 saturated carbocycles. The molecule has 0 radical (unpaired) electrons. The van der Waals surface area contributed by atoms with E-state index in [9.17, 15) is 4.79 Å². The van der Waals surface area contributed by atoms with Gasteiger partial charge in [-0.15, -0.1) is 0 Å². The van der Waals surface area contributed by atoms with E-state index in [2.05, 4.69) is 15.3 Å². The molecule has 2 aromatic heterocycles. The van der Waals surface area contributed by atoms with E-state index in [4.69, 9.17) is 4.42 Å². The van der Waals surface area contributed by atoms with Gasteiger partial charge in [0.2, 0.25) is 0 Å². The van der Waals surface area contributed by atoms with Gasteiger partial charge < -0.3 is 14.6 Å². The van der Waals surface area contributed by atoms with E-state index >= 15 is 0 Å². The number of carbonyl (C=O) groups is 1. The highest BCUT2D eigenvalue weighted by atomic mass is 16.4. The van der Waals surface area contributed by atoms with Crippen molar-refractivity contribution >= 4 is 5.91 Å². The van der Waals surface area contributed by atoms with Crippen molar-refractivity contribution < 1.29 is 9.21 Å². The summed E-state index contributed by atoms with van der Waals surface area (Å²) in [4.78, 5) is 13.9. The molecule has 1 N–H and O–H groups in total. The predicted octanol–water partition coefficient (Wildman–Crippen LogP) is 1.21. The van der Waals surface area contributed by atoms with Gasteiger partial charge in [0.05, 0.1) is 6.54 Å². The number of nitrogens with one attached hydrogen (secondary N) is 1. The second-order valence-corrected chi connectivity index (χ2v) is 4.88. The Morgan fingerprint density at radius 3 is 3.00 bits per heavy atom. The van der Waals surface area contributed by atoms with Crippen LogP contribution in [0.5, 0.6) is 0 Å². The van der Waals surface area contributed by atoms with Crippen LogP contribution in [-0.2, 0) is 6.54 Å². The molecule has 2 aromatic rings. The molecule has 1 amide bonds. The van der Waals surface area contributed by atoms with Gasteiger partial charge in [0, 0.05) is 18.9 Å². The maximum atomic E-state index is 11.9. The lowest BCUT2D eigenvalue weighted by Crippen LogP contribution is -2.26. The number of hydrogen-bond acceptors (Lipinski definition) is 4. The summed E-state index contributed by atoms with van der Waals surface area (Å²) in [7, 11) is 4.02. The van der Waals surface area contributed by atoms with Gasteiger partial charge in [-0.3, -0.25) is 9.48 Å². The molecule has 6 heteroatoms. The lowest BCUT2D eigenvalue weighted by Gasteiger charge is -2.09. The standard InChI is InChI=1S/C14H20N4O2/c1-17(2)9-3-7-15-14(19)13-6-5-12(20-13)11-18-10-4-8-16-18/h4-6,8,10H,3,7,9,11H2,1-2H3,(H,15,19). The Balaban J connectivity index is 1.80. The third-order valence-corrected chi connectivity index (χ3v) is 2.83. The van der Waals surface area contributed by atoms with Crippen molar-refractivity contribution in [1.82, 2.24) is 20.0 Å². The van der Waals surface area contributed by atoms with E-state index in [1.807, 2.05) is 26.4 Å². The average Bonchev–Trinajstić information content (AvgIpc) is 3.06. The van der Waals surface area contributed by atoms with Crippen molar-refractivity contribution in [3.63, 3.8) is 0 Å². The number of carbonyl (C=O) groups excluding carboxylic acids is 1. The third-order valence-electron chi connectivity index (χ3n) is 2.83. The minimum absolute atomic E-state index is 0.171. The Labute approximate surface area is 118 Å². The number of nitrogens with zero attached hydrogens (tertiary/aromatic N) is 3. The molecule has 0 aliphatic carbocycles. The molecule has 0 spiro atoms. The van der Waals surface area contributed by atoms with Crippen LogP contribution in [0.2, 0.25) is 0 Å². The molecular weight excluding hydrogens is 256 g/mol. The van der Waals surface area contributed by atoms with Crippen LogP contribution in [0.1, 0.15) is 22.7 Å². The van der Waals surface area contributed by atoms with E-state index in [0.29, 0.717) is 24.6 Å². The van der Waals surface area contributed by atoms with Gasteiger partial charge in [-0.25, -0.2) is 0 Å². The fourth-order valence-corrected chi connectivity index (χ4v) is 1.82. The fraction of sp³-hybridized carbons (Fsp3) is 0.429. The summed E-state index contributed by atoms with van der Waals surface area (Å²) in [5.74, 6) is 0.889. The third kappa shape index (κ3) is 4.24. The molecule has 0 fully saturated rings. The Morgan fingerprint density at radius 1 is 1.45 bits per heavy atom. The highest BCUT2D eigenvalue weighted by Gasteiger charge is 2.10. The molecule has 0 saturated heterocycles. The van der Waals surface area contributed by atoms with Crippen LogP contribution in [0.25, 0.3) is 0 Å². The highest BCUT2D eigenvalue weighted by molar-refractivity contribution is 5.91. The topological polar surface area (TPSA) is 63.3 Å². The molecule has 0 aliphatic rings. The first kappa shape index (κ1) is 14.3. The second kappa shape index (κ2) is 6.91.